The van der Waals surface area contributed by atoms with Crippen molar-refractivity contribution < 1.29 is 4.79 Å². The Balaban J connectivity index is 2.09. The molecule has 1 heterocycles. The summed E-state index contributed by atoms with van der Waals surface area (Å²) in [7, 11) is 0. The highest BCUT2D eigenvalue weighted by molar-refractivity contribution is 6.04. The highest BCUT2D eigenvalue weighted by Gasteiger charge is 2.05. The van der Waals surface area contributed by atoms with Crippen LogP contribution in [0.3, 0.4) is 0 Å². The highest BCUT2D eigenvalue weighted by atomic mass is 16.1. The molecule has 16 heavy (non-hydrogen) atoms. The molecule has 4 heteroatoms. The van der Waals surface area contributed by atoms with Gasteiger partial charge in [0.1, 0.15) is 0 Å². The number of amides is 1. The molecule has 0 aliphatic rings. The number of hydrogen-bond donors (Lipinski definition) is 3. The summed E-state index contributed by atoms with van der Waals surface area (Å²) >= 11 is 0. The van der Waals surface area contributed by atoms with E-state index in [9.17, 15) is 4.79 Å². The first-order valence-electron chi connectivity index (χ1n) is 5.03. The molecule has 0 saturated carbocycles. The molecule has 0 unspecified atom stereocenters. The largest absolute Gasteiger partial charge is 0.366 e. The van der Waals surface area contributed by atoms with Crippen LogP contribution >= 0.6 is 0 Å². The van der Waals surface area contributed by atoms with Crippen LogP contribution in [0.2, 0.25) is 0 Å². The Morgan fingerprint density at radius 2 is 2.00 bits per heavy atom. The number of aromatic amines is 1. The molecule has 4 nitrogen and oxygen atoms in total. The zero-order valence-electron chi connectivity index (χ0n) is 8.73. The first-order valence-corrected chi connectivity index (χ1v) is 5.03. The second-order valence-electron chi connectivity index (χ2n) is 3.45. The summed E-state index contributed by atoms with van der Waals surface area (Å²) in [6, 6.07) is 9.04. The lowest BCUT2D eigenvalue weighted by atomic mass is 10.1. The molecular weight excluding hydrogens is 202 g/mol. The van der Waals surface area contributed by atoms with E-state index in [1.807, 2.05) is 12.1 Å². The molecule has 1 aromatic heterocycles. The molecule has 2 rings (SSSR count). The van der Waals surface area contributed by atoms with Crippen molar-refractivity contribution in [2.75, 3.05) is 5.32 Å². The second-order valence-corrected chi connectivity index (χ2v) is 3.45. The lowest BCUT2D eigenvalue weighted by molar-refractivity contribution is 0.102. The van der Waals surface area contributed by atoms with Gasteiger partial charge in [0.05, 0.1) is 5.69 Å². The van der Waals surface area contributed by atoms with Crippen molar-refractivity contribution in [3.05, 3.63) is 53.9 Å². The number of H-pyrrole nitrogens is 1. The minimum absolute atomic E-state index is 0.122. The molecule has 82 valence electrons. The fraction of sp³-hybridized carbons (Fsp3) is 0.0833. The molecule has 0 aliphatic heterocycles. The number of nitrogens with one attached hydrogen (secondary N) is 2. The third kappa shape index (κ3) is 2.29. The Morgan fingerprint density at radius 1 is 1.25 bits per heavy atom. The lowest BCUT2D eigenvalue weighted by Crippen LogP contribution is -2.11. The highest BCUT2D eigenvalue weighted by Crippen LogP contribution is 2.09. The SMILES string of the molecule is NCc1ccc(C(=O)Nc2cc[nH]c2)cc1. The fourth-order valence-electron chi connectivity index (χ4n) is 1.40. The number of benzene rings is 1. The number of nitrogens with two attached hydrogens (primary N) is 1. The van der Waals surface area contributed by atoms with Crippen LogP contribution in [0, 0.1) is 0 Å². The van der Waals surface area contributed by atoms with E-state index in [2.05, 4.69) is 10.3 Å². The van der Waals surface area contributed by atoms with Crippen molar-refractivity contribution in [1.29, 1.82) is 0 Å². The van der Waals surface area contributed by atoms with E-state index < -0.39 is 0 Å². The van der Waals surface area contributed by atoms with Gasteiger partial charge in [-0.2, -0.15) is 0 Å². The van der Waals surface area contributed by atoms with E-state index >= 15 is 0 Å². The summed E-state index contributed by atoms with van der Waals surface area (Å²) in [5, 5.41) is 2.77. The molecular formula is C12H13N3O. The molecule has 1 amide bonds. The van der Waals surface area contributed by atoms with E-state index in [1.165, 1.54) is 0 Å². The number of rotatable bonds is 3. The Kier molecular flexibility index (Phi) is 3.03. The molecule has 2 aromatic rings. The molecule has 0 radical (unpaired) electrons. The van der Waals surface area contributed by atoms with Gasteiger partial charge in [0, 0.05) is 24.5 Å². The van der Waals surface area contributed by atoms with Gasteiger partial charge in [-0.25, -0.2) is 0 Å². The maximum atomic E-state index is 11.8. The van der Waals surface area contributed by atoms with Crippen LogP contribution in [0.25, 0.3) is 0 Å². The summed E-state index contributed by atoms with van der Waals surface area (Å²) in [5.41, 5.74) is 7.87. The Morgan fingerprint density at radius 3 is 2.56 bits per heavy atom. The fourth-order valence-corrected chi connectivity index (χ4v) is 1.40. The molecule has 0 bridgehead atoms. The van der Waals surface area contributed by atoms with Crippen LogP contribution in [0.1, 0.15) is 15.9 Å². The quantitative estimate of drug-likeness (QED) is 0.729. The summed E-state index contributed by atoms with van der Waals surface area (Å²) in [5.74, 6) is -0.122. The maximum Gasteiger partial charge on any atom is 0.255 e. The van der Waals surface area contributed by atoms with Crippen LogP contribution in [0.4, 0.5) is 5.69 Å². The number of aromatic nitrogens is 1. The van der Waals surface area contributed by atoms with E-state index in [4.69, 9.17) is 5.73 Å². The standard InChI is InChI=1S/C12H13N3O/c13-7-9-1-3-10(4-2-9)12(16)15-11-5-6-14-8-11/h1-6,8,14H,7,13H2,(H,15,16). The van der Waals surface area contributed by atoms with E-state index in [1.54, 1.807) is 30.6 Å². The van der Waals surface area contributed by atoms with Gasteiger partial charge in [-0.15, -0.1) is 0 Å². The van der Waals surface area contributed by atoms with Gasteiger partial charge in [0.25, 0.3) is 5.91 Å². The third-order valence-electron chi connectivity index (χ3n) is 2.31. The predicted molar refractivity (Wildman–Crippen MR) is 63.1 cm³/mol. The molecule has 0 fully saturated rings. The first-order chi connectivity index (χ1) is 7.79. The number of anilines is 1. The molecule has 0 spiro atoms. The molecule has 0 saturated heterocycles. The lowest BCUT2D eigenvalue weighted by Gasteiger charge is -2.03. The molecule has 0 atom stereocenters. The van der Waals surface area contributed by atoms with Crippen LogP contribution in [0.15, 0.2) is 42.7 Å². The molecule has 4 N–H and O–H groups in total. The van der Waals surface area contributed by atoms with E-state index in [-0.39, 0.29) is 5.91 Å². The van der Waals surface area contributed by atoms with E-state index in [0.717, 1.165) is 11.3 Å². The topological polar surface area (TPSA) is 70.9 Å². The van der Waals surface area contributed by atoms with Crippen molar-refractivity contribution in [3.63, 3.8) is 0 Å². The van der Waals surface area contributed by atoms with Crippen LogP contribution < -0.4 is 11.1 Å². The van der Waals surface area contributed by atoms with Gasteiger partial charge < -0.3 is 16.0 Å². The van der Waals surface area contributed by atoms with Crippen molar-refractivity contribution in [1.82, 2.24) is 4.98 Å². The smallest absolute Gasteiger partial charge is 0.255 e. The van der Waals surface area contributed by atoms with Gasteiger partial charge in [-0.05, 0) is 23.8 Å². The average molecular weight is 215 g/mol. The number of carbonyl (C=O) groups excluding carboxylic acids is 1. The number of hydrogen-bond acceptors (Lipinski definition) is 2. The minimum Gasteiger partial charge on any atom is -0.366 e. The first kappa shape index (κ1) is 10.4. The van der Waals surface area contributed by atoms with Crippen molar-refractivity contribution in [3.8, 4) is 0 Å². The Hall–Kier alpha value is -2.07. The minimum atomic E-state index is -0.122. The summed E-state index contributed by atoms with van der Waals surface area (Å²) < 4.78 is 0. The van der Waals surface area contributed by atoms with Crippen LogP contribution in [0.5, 0.6) is 0 Å². The molecule has 1 aromatic carbocycles. The average Bonchev–Trinajstić information content (AvgIpc) is 2.82. The summed E-state index contributed by atoms with van der Waals surface area (Å²) in [6.07, 6.45) is 3.49. The van der Waals surface area contributed by atoms with Gasteiger partial charge in [-0.3, -0.25) is 4.79 Å². The van der Waals surface area contributed by atoms with Gasteiger partial charge in [0.2, 0.25) is 0 Å². The zero-order chi connectivity index (χ0) is 11.4. The van der Waals surface area contributed by atoms with Crippen LogP contribution in [-0.2, 0) is 6.54 Å². The summed E-state index contributed by atoms with van der Waals surface area (Å²) in [6.45, 7) is 0.486. The summed E-state index contributed by atoms with van der Waals surface area (Å²) in [4.78, 5) is 14.6. The third-order valence-corrected chi connectivity index (χ3v) is 2.31. The normalized spacial score (nSPS) is 10.1. The van der Waals surface area contributed by atoms with Crippen LogP contribution in [-0.4, -0.2) is 10.9 Å². The second kappa shape index (κ2) is 4.63. The van der Waals surface area contributed by atoms with Gasteiger partial charge in [0.15, 0.2) is 0 Å². The number of carbonyl (C=O) groups is 1. The van der Waals surface area contributed by atoms with Crippen molar-refractivity contribution >= 4 is 11.6 Å². The monoisotopic (exact) mass is 215 g/mol. The Bertz CT molecular complexity index is 460. The molecule has 0 aliphatic carbocycles. The van der Waals surface area contributed by atoms with E-state index in [0.29, 0.717) is 12.1 Å². The maximum absolute atomic E-state index is 11.8. The predicted octanol–water partition coefficient (Wildman–Crippen LogP) is 1.73. The zero-order valence-corrected chi connectivity index (χ0v) is 8.73. The van der Waals surface area contributed by atoms with Crippen molar-refractivity contribution in [2.24, 2.45) is 5.73 Å². The Labute approximate surface area is 93.5 Å². The van der Waals surface area contributed by atoms with Gasteiger partial charge in [-0.1, -0.05) is 12.1 Å². The van der Waals surface area contributed by atoms with Crippen molar-refractivity contribution in [2.45, 2.75) is 6.54 Å². The van der Waals surface area contributed by atoms with Gasteiger partial charge >= 0.3 is 0 Å².